The van der Waals surface area contributed by atoms with Crippen LogP contribution in [0.4, 0.5) is 10.5 Å². The molecule has 3 N–H and O–H groups in total. The third-order valence-electron chi connectivity index (χ3n) is 4.38. The summed E-state index contributed by atoms with van der Waals surface area (Å²) in [6.45, 7) is 1.30. The number of carbonyl (C=O) groups is 3. The van der Waals surface area contributed by atoms with Crippen molar-refractivity contribution in [1.29, 1.82) is 0 Å². The maximum absolute atomic E-state index is 12.4. The van der Waals surface area contributed by atoms with E-state index in [4.69, 9.17) is 9.94 Å². The second-order valence-electron chi connectivity index (χ2n) is 6.29. The van der Waals surface area contributed by atoms with E-state index in [1.54, 1.807) is 12.1 Å². The number of likely N-dealkylation sites (N-methyl/N-ethyl adjacent to an activating group) is 1. The second-order valence-corrected chi connectivity index (χ2v) is 6.29. The minimum atomic E-state index is -1.32. The van der Waals surface area contributed by atoms with Gasteiger partial charge < -0.3 is 14.7 Å². The van der Waals surface area contributed by atoms with Gasteiger partial charge in [0.1, 0.15) is 24.9 Å². The summed E-state index contributed by atoms with van der Waals surface area (Å²) in [6, 6.07) is 14.9. The number of benzene rings is 2. The Labute approximate surface area is 168 Å². The normalized spacial score (nSPS) is 11.3. The number of hydrogen-bond donors (Lipinski definition) is 3. The summed E-state index contributed by atoms with van der Waals surface area (Å²) in [7, 11) is 1.35. The summed E-state index contributed by atoms with van der Waals surface area (Å²) >= 11 is 0. The fourth-order valence-electron chi connectivity index (χ4n) is 2.46. The van der Waals surface area contributed by atoms with E-state index in [-0.39, 0.29) is 5.69 Å². The summed E-state index contributed by atoms with van der Waals surface area (Å²) in [5.74, 6) is -0.824. The Bertz CT molecular complexity index is 841. The largest absolute Gasteiger partial charge is 0.489 e. The first-order chi connectivity index (χ1) is 13.8. The fraction of sp³-hybridized carbons (Fsp3) is 0.250. The molecule has 0 saturated heterocycles. The molecule has 0 bridgehead atoms. The molecule has 2 aromatic carbocycles. The second kappa shape index (κ2) is 10.1. The first-order valence-electron chi connectivity index (χ1n) is 8.80. The van der Waals surface area contributed by atoms with Crippen molar-refractivity contribution in [2.24, 2.45) is 0 Å². The van der Waals surface area contributed by atoms with Crippen LogP contribution >= 0.6 is 0 Å². The molecule has 2 rings (SSSR count). The lowest BCUT2D eigenvalue weighted by Crippen LogP contribution is -2.49. The van der Waals surface area contributed by atoms with Gasteiger partial charge in [-0.2, -0.15) is 0 Å². The fourth-order valence-corrected chi connectivity index (χ4v) is 2.46. The molecule has 0 aliphatic heterocycles. The molecule has 0 aromatic heterocycles. The van der Waals surface area contributed by atoms with Gasteiger partial charge in [-0.05, 0) is 36.8 Å². The highest BCUT2D eigenvalue weighted by molar-refractivity contribution is 5.95. The lowest BCUT2D eigenvalue weighted by molar-refractivity contribution is -0.141. The molecule has 0 unspecified atom stereocenters. The molecule has 154 valence electrons. The first kappa shape index (κ1) is 21.7. The maximum Gasteiger partial charge on any atom is 0.412 e. The number of nitrogens with one attached hydrogen (secondary N) is 1. The van der Waals surface area contributed by atoms with Crippen molar-refractivity contribution < 1.29 is 29.4 Å². The SMILES string of the molecule is C[C@@H](C(=O)NO)N(C)C(=O)CN(C(=O)O)c1ccc(OCc2ccccc2)cc1. The van der Waals surface area contributed by atoms with Gasteiger partial charge in [0, 0.05) is 12.7 Å². The molecule has 9 nitrogen and oxygen atoms in total. The van der Waals surface area contributed by atoms with Crippen molar-refractivity contribution in [3.63, 3.8) is 0 Å². The van der Waals surface area contributed by atoms with Crippen molar-refractivity contribution >= 4 is 23.6 Å². The van der Waals surface area contributed by atoms with Crippen molar-refractivity contribution in [2.75, 3.05) is 18.5 Å². The van der Waals surface area contributed by atoms with Crippen LogP contribution in [0.1, 0.15) is 12.5 Å². The zero-order chi connectivity index (χ0) is 21.4. The molecule has 3 amide bonds. The zero-order valence-electron chi connectivity index (χ0n) is 16.1. The highest BCUT2D eigenvalue weighted by atomic mass is 16.5. The number of rotatable bonds is 8. The van der Waals surface area contributed by atoms with E-state index in [9.17, 15) is 19.5 Å². The van der Waals surface area contributed by atoms with E-state index in [2.05, 4.69) is 0 Å². The summed E-state index contributed by atoms with van der Waals surface area (Å²) in [6.07, 6.45) is -1.32. The Kier molecular flexibility index (Phi) is 7.55. The highest BCUT2D eigenvalue weighted by Crippen LogP contribution is 2.21. The van der Waals surface area contributed by atoms with Crippen LogP contribution < -0.4 is 15.1 Å². The Morgan fingerprint density at radius 1 is 1.07 bits per heavy atom. The molecular weight excluding hydrogens is 378 g/mol. The zero-order valence-corrected chi connectivity index (χ0v) is 16.1. The molecule has 9 heteroatoms. The van der Waals surface area contributed by atoms with Gasteiger partial charge in [-0.15, -0.1) is 0 Å². The lowest BCUT2D eigenvalue weighted by atomic mass is 10.2. The third-order valence-corrected chi connectivity index (χ3v) is 4.38. The van der Waals surface area contributed by atoms with Crippen LogP contribution in [0.3, 0.4) is 0 Å². The molecule has 0 heterocycles. The number of carboxylic acid groups (broad SMARTS) is 1. The van der Waals surface area contributed by atoms with Crippen LogP contribution in [0.15, 0.2) is 54.6 Å². The number of hydrogen-bond acceptors (Lipinski definition) is 5. The van der Waals surface area contributed by atoms with Crippen LogP contribution in [0.2, 0.25) is 0 Å². The number of nitrogens with zero attached hydrogens (tertiary/aromatic N) is 2. The summed E-state index contributed by atoms with van der Waals surface area (Å²) < 4.78 is 5.67. The van der Waals surface area contributed by atoms with Crippen LogP contribution in [-0.4, -0.2) is 52.8 Å². The predicted octanol–water partition coefficient (Wildman–Crippen LogP) is 2.10. The average molecular weight is 401 g/mol. The number of hydroxylamine groups is 1. The van der Waals surface area contributed by atoms with E-state index >= 15 is 0 Å². The van der Waals surface area contributed by atoms with E-state index in [0.29, 0.717) is 12.4 Å². The topological polar surface area (TPSA) is 119 Å². The van der Waals surface area contributed by atoms with Gasteiger partial charge in [0.15, 0.2) is 0 Å². The minimum absolute atomic E-state index is 0.283. The van der Waals surface area contributed by atoms with E-state index in [1.165, 1.54) is 31.6 Å². The minimum Gasteiger partial charge on any atom is -0.489 e. The molecule has 0 aliphatic carbocycles. The average Bonchev–Trinajstić information content (AvgIpc) is 2.75. The van der Waals surface area contributed by atoms with E-state index in [0.717, 1.165) is 15.4 Å². The van der Waals surface area contributed by atoms with Gasteiger partial charge >= 0.3 is 6.09 Å². The predicted molar refractivity (Wildman–Crippen MR) is 105 cm³/mol. The standard InChI is InChI=1S/C20H23N3O6/c1-14(19(25)21-28)22(2)18(24)12-23(20(26)27)16-8-10-17(11-9-16)29-13-15-6-4-3-5-7-15/h3-11,14,28H,12-13H2,1-2H3,(H,21,25)(H,26,27)/t14-/m0/s1. The molecule has 2 aromatic rings. The molecule has 0 spiro atoms. The molecule has 1 atom stereocenters. The van der Waals surface area contributed by atoms with Crippen molar-refractivity contribution in [3.8, 4) is 5.75 Å². The monoisotopic (exact) mass is 401 g/mol. The molecule has 29 heavy (non-hydrogen) atoms. The Balaban J connectivity index is 2.03. The lowest BCUT2D eigenvalue weighted by Gasteiger charge is -2.26. The van der Waals surface area contributed by atoms with Gasteiger partial charge in [-0.25, -0.2) is 10.3 Å². The number of ether oxygens (including phenoxy) is 1. The van der Waals surface area contributed by atoms with Gasteiger partial charge in [-0.3, -0.25) is 19.7 Å². The smallest absolute Gasteiger partial charge is 0.412 e. The van der Waals surface area contributed by atoms with E-state index in [1.807, 2.05) is 30.3 Å². The summed E-state index contributed by atoms with van der Waals surface area (Å²) in [5.41, 5.74) is 2.74. The molecule has 0 aliphatic rings. The van der Waals surface area contributed by atoms with Gasteiger partial charge in [0.25, 0.3) is 5.91 Å². The highest BCUT2D eigenvalue weighted by Gasteiger charge is 2.26. The molecule has 0 radical (unpaired) electrons. The molecule has 0 saturated carbocycles. The molecule has 0 fully saturated rings. The number of anilines is 1. The summed E-state index contributed by atoms with van der Waals surface area (Å²) in [5, 5.41) is 18.1. The third kappa shape index (κ3) is 5.94. The Hall–Kier alpha value is -3.59. The van der Waals surface area contributed by atoms with Crippen LogP contribution in [-0.2, 0) is 16.2 Å². The van der Waals surface area contributed by atoms with Crippen molar-refractivity contribution in [2.45, 2.75) is 19.6 Å². The van der Waals surface area contributed by atoms with Gasteiger partial charge in [0.05, 0.1) is 0 Å². The maximum atomic E-state index is 12.4. The van der Waals surface area contributed by atoms with Crippen molar-refractivity contribution in [3.05, 3.63) is 60.2 Å². The van der Waals surface area contributed by atoms with Gasteiger partial charge in [-0.1, -0.05) is 30.3 Å². The molecular formula is C20H23N3O6. The summed E-state index contributed by atoms with van der Waals surface area (Å²) in [4.78, 5) is 37.3. The van der Waals surface area contributed by atoms with E-state index < -0.39 is 30.5 Å². The number of carbonyl (C=O) groups excluding carboxylic acids is 2. The first-order valence-corrected chi connectivity index (χ1v) is 8.80. The van der Waals surface area contributed by atoms with Crippen molar-refractivity contribution in [1.82, 2.24) is 10.4 Å². The quantitative estimate of drug-likeness (QED) is 0.460. The van der Waals surface area contributed by atoms with Gasteiger partial charge in [0.2, 0.25) is 5.91 Å². The van der Waals surface area contributed by atoms with Crippen LogP contribution in [0.25, 0.3) is 0 Å². The van der Waals surface area contributed by atoms with Crippen LogP contribution in [0, 0.1) is 0 Å². The number of amides is 3. The Morgan fingerprint density at radius 3 is 2.24 bits per heavy atom. The Morgan fingerprint density at radius 2 is 1.69 bits per heavy atom. The van der Waals surface area contributed by atoms with Crippen LogP contribution in [0.5, 0.6) is 5.75 Å².